The van der Waals surface area contributed by atoms with Crippen LogP contribution < -0.4 is 0 Å². The Morgan fingerprint density at radius 2 is 1.63 bits per heavy atom. The summed E-state index contributed by atoms with van der Waals surface area (Å²) >= 11 is 0. The van der Waals surface area contributed by atoms with Crippen LogP contribution in [-0.2, 0) is 22.3 Å². The van der Waals surface area contributed by atoms with Gasteiger partial charge in [0, 0.05) is 32.2 Å². The van der Waals surface area contributed by atoms with Crippen molar-refractivity contribution in [3.8, 4) is 0 Å². The maximum atomic E-state index is 13.9. The summed E-state index contributed by atoms with van der Waals surface area (Å²) in [6, 6.07) is 13.5. The highest BCUT2D eigenvalue weighted by Crippen LogP contribution is 2.53. The van der Waals surface area contributed by atoms with Crippen LogP contribution in [-0.4, -0.2) is 64.5 Å². The quantitative estimate of drug-likeness (QED) is 0.360. The van der Waals surface area contributed by atoms with Gasteiger partial charge in [-0.3, -0.25) is 9.69 Å². The van der Waals surface area contributed by atoms with Gasteiger partial charge in [-0.25, -0.2) is 4.79 Å². The first-order chi connectivity index (χ1) is 20.1. The molecule has 1 saturated carbocycles. The van der Waals surface area contributed by atoms with E-state index in [1.807, 2.05) is 32.9 Å². The van der Waals surface area contributed by atoms with Gasteiger partial charge in [-0.2, -0.15) is 13.2 Å². The Kier molecular flexibility index (Phi) is 8.60. The maximum absolute atomic E-state index is 13.9. The lowest BCUT2D eigenvalue weighted by molar-refractivity contribution is -0.153. The summed E-state index contributed by atoms with van der Waals surface area (Å²) in [4.78, 5) is 32.5. The number of likely N-dealkylation sites (tertiary alicyclic amines) is 1. The number of alkyl halides is 3. The molecule has 0 radical (unpaired) electrons. The standard InChI is InChI=1S/C34H44F3N3O3/c1-23(2)27-8-6-7-9-28(27)29-21-38(20-24-10-12-25(13-11-24)34(35,36)37)22-30(41)40(29)26-18-33(19-26)14-16-39(17-15-33)31(42)43-32(3,4)5/h6-13,23,26,29H,14-22H2,1-5H3. The fraction of sp³-hybridized carbons (Fsp3) is 0.588. The summed E-state index contributed by atoms with van der Waals surface area (Å²) in [6.45, 7) is 12.5. The molecular weight excluding hydrogens is 555 g/mol. The summed E-state index contributed by atoms with van der Waals surface area (Å²) in [5.41, 5.74) is 2.04. The zero-order valence-electron chi connectivity index (χ0n) is 25.9. The number of carbonyl (C=O) groups excluding carboxylic acids is 2. The molecule has 2 amide bonds. The summed E-state index contributed by atoms with van der Waals surface area (Å²) in [5.74, 6) is 0.344. The Bertz CT molecular complexity index is 1300. The topological polar surface area (TPSA) is 53.1 Å². The van der Waals surface area contributed by atoms with Gasteiger partial charge in [-0.1, -0.05) is 50.2 Å². The highest BCUT2D eigenvalue weighted by molar-refractivity contribution is 5.80. The van der Waals surface area contributed by atoms with Gasteiger partial charge in [0.1, 0.15) is 5.60 Å². The molecule has 1 atom stereocenters. The molecule has 1 spiro atoms. The van der Waals surface area contributed by atoms with Crippen LogP contribution in [0.5, 0.6) is 0 Å². The number of piperidine rings is 1. The number of ether oxygens (including phenoxy) is 1. The lowest BCUT2D eigenvalue weighted by atomic mass is 9.59. The molecule has 234 valence electrons. The minimum Gasteiger partial charge on any atom is -0.444 e. The number of carbonyl (C=O) groups is 2. The minimum absolute atomic E-state index is 0.0627. The van der Waals surface area contributed by atoms with Crippen molar-refractivity contribution in [3.63, 3.8) is 0 Å². The normalized spacial score (nSPS) is 21.8. The van der Waals surface area contributed by atoms with Gasteiger partial charge < -0.3 is 14.5 Å². The first-order valence-corrected chi connectivity index (χ1v) is 15.4. The molecular formula is C34H44F3N3O3. The van der Waals surface area contributed by atoms with Crippen LogP contribution in [0.3, 0.4) is 0 Å². The Morgan fingerprint density at radius 1 is 1.00 bits per heavy atom. The van der Waals surface area contributed by atoms with Crippen molar-refractivity contribution in [1.29, 1.82) is 0 Å². The van der Waals surface area contributed by atoms with Gasteiger partial charge in [-0.05, 0) is 86.6 Å². The van der Waals surface area contributed by atoms with E-state index in [1.165, 1.54) is 17.7 Å². The molecule has 2 aliphatic heterocycles. The fourth-order valence-corrected chi connectivity index (χ4v) is 7.10. The third-order valence-electron chi connectivity index (χ3n) is 9.28. The fourth-order valence-electron chi connectivity index (χ4n) is 7.10. The second-order valence-electron chi connectivity index (χ2n) is 14.0. The molecule has 0 bridgehead atoms. The molecule has 3 aliphatic rings. The predicted molar refractivity (Wildman–Crippen MR) is 159 cm³/mol. The van der Waals surface area contributed by atoms with Crippen LogP contribution in [0.15, 0.2) is 48.5 Å². The molecule has 2 saturated heterocycles. The summed E-state index contributed by atoms with van der Waals surface area (Å²) < 4.78 is 44.8. The van der Waals surface area contributed by atoms with Crippen LogP contribution in [0.4, 0.5) is 18.0 Å². The molecule has 1 unspecified atom stereocenters. The third-order valence-corrected chi connectivity index (χ3v) is 9.28. The van der Waals surface area contributed by atoms with Crippen molar-refractivity contribution >= 4 is 12.0 Å². The number of hydrogen-bond donors (Lipinski definition) is 0. The zero-order valence-corrected chi connectivity index (χ0v) is 25.9. The van der Waals surface area contributed by atoms with Crippen LogP contribution in [0.2, 0.25) is 0 Å². The van der Waals surface area contributed by atoms with E-state index >= 15 is 0 Å². The lowest BCUT2D eigenvalue weighted by Crippen LogP contribution is -2.62. The number of benzene rings is 2. The summed E-state index contributed by atoms with van der Waals surface area (Å²) in [6.07, 6.45) is -1.00. The van der Waals surface area contributed by atoms with Gasteiger partial charge >= 0.3 is 12.3 Å². The summed E-state index contributed by atoms with van der Waals surface area (Å²) in [5, 5.41) is 0. The Balaban J connectivity index is 1.31. The maximum Gasteiger partial charge on any atom is 0.416 e. The third kappa shape index (κ3) is 7.03. The molecule has 5 rings (SSSR count). The SMILES string of the molecule is CC(C)c1ccccc1C1CN(Cc2ccc(C(F)(F)F)cc2)CC(=O)N1C1CC2(CCN(C(=O)OC(C)(C)C)CC2)C1. The number of amides is 2. The number of rotatable bonds is 5. The molecule has 3 fully saturated rings. The highest BCUT2D eigenvalue weighted by Gasteiger charge is 2.52. The molecule has 6 nitrogen and oxygen atoms in total. The second-order valence-corrected chi connectivity index (χ2v) is 14.0. The van der Waals surface area contributed by atoms with Crippen LogP contribution in [0, 0.1) is 5.41 Å². The first-order valence-electron chi connectivity index (χ1n) is 15.4. The molecule has 1 aliphatic carbocycles. The van der Waals surface area contributed by atoms with Crippen LogP contribution in [0.25, 0.3) is 0 Å². The Labute approximate surface area is 253 Å². The molecule has 2 heterocycles. The monoisotopic (exact) mass is 599 g/mol. The number of nitrogens with zero attached hydrogens (tertiary/aromatic N) is 3. The van der Waals surface area contributed by atoms with Crippen molar-refractivity contribution in [2.75, 3.05) is 26.2 Å². The molecule has 9 heteroatoms. The van der Waals surface area contributed by atoms with Crippen molar-refractivity contribution < 1.29 is 27.5 Å². The molecule has 0 N–H and O–H groups in total. The van der Waals surface area contributed by atoms with E-state index in [0.29, 0.717) is 26.2 Å². The van der Waals surface area contributed by atoms with Gasteiger partial charge in [0.15, 0.2) is 0 Å². The zero-order chi connectivity index (χ0) is 31.2. The lowest BCUT2D eigenvalue weighted by Gasteiger charge is -2.58. The number of halogens is 3. The van der Waals surface area contributed by atoms with Gasteiger partial charge in [0.05, 0.1) is 18.2 Å². The van der Waals surface area contributed by atoms with E-state index in [4.69, 9.17) is 4.74 Å². The summed E-state index contributed by atoms with van der Waals surface area (Å²) in [7, 11) is 0. The van der Waals surface area contributed by atoms with E-state index in [0.717, 1.165) is 48.9 Å². The number of piperazine rings is 1. The molecule has 2 aromatic carbocycles. The average molecular weight is 600 g/mol. The van der Waals surface area contributed by atoms with Crippen molar-refractivity contribution in [1.82, 2.24) is 14.7 Å². The predicted octanol–water partition coefficient (Wildman–Crippen LogP) is 7.39. The van der Waals surface area contributed by atoms with E-state index in [-0.39, 0.29) is 42.0 Å². The van der Waals surface area contributed by atoms with Gasteiger partial charge in [0.25, 0.3) is 0 Å². The minimum atomic E-state index is -4.38. The van der Waals surface area contributed by atoms with Crippen LogP contribution >= 0.6 is 0 Å². The van der Waals surface area contributed by atoms with E-state index < -0.39 is 17.3 Å². The Morgan fingerprint density at radius 3 is 2.21 bits per heavy atom. The largest absolute Gasteiger partial charge is 0.444 e. The van der Waals surface area contributed by atoms with Gasteiger partial charge in [-0.15, -0.1) is 0 Å². The second kappa shape index (κ2) is 11.8. The van der Waals surface area contributed by atoms with E-state index in [1.54, 1.807) is 4.90 Å². The first kappa shape index (κ1) is 31.4. The Hall–Kier alpha value is -3.07. The molecule has 0 aromatic heterocycles. The van der Waals surface area contributed by atoms with E-state index in [2.05, 4.69) is 35.8 Å². The average Bonchev–Trinajstić information content (AvgIpc) is 2.90. The van der Waals surface area contributed by atoms with Crippen molar-refractivity contribution in [2.24, 2.45) is 5.41 Å². The van der Waals surface area contributed by atoms with Crippen molar-refractivity contribution in [2.45, 2.75) is 96.6 Å². The highest BCUT2D eigenvalue weighted by atomic mass is 19.4. The van der Waals surface area contributed by atoms with Crippen molar-refractivity contribution in [3.05, 3.63) is 70.8 Å². The smallest absolute Gasteiger partial charge is 0.416 e. The van der Waals surface area contributed by atoms with E-state index in [9.17, 15) is 22.8 Å². The molecule has 2 aromatic rings. The van der Waals surface area contributed by atoms with Crippen LogP contribution in [0.1, 0.15) is 94.5 Å². The number of hydrogen-bond acceptors (Lipinski definition) is 4. The van der Waals surface area contributed by atoms with Gasteiger partial charge in [0.2, 0.25) is 5.91 Å². The molecule has 43 heavy (non-hydrogen) atoms.